The molecule has 0 aliphatic heterocycles. The van der Waals surface area contributed by atoms with Gasteiger partial charge in [0, 0.05) is 6.61 Å². The summed E-state index contributed by atoms with van der Waals surface area (Å²) < 4.78 is 19.8. The van der Waals surface area contributed by atoms with Crippen LogP contribution in [0.2, 0.25) is 0 Å². The van der Waals surface area contributed by atoms with Gasteiger partial charge in [0.1, 0.15) is 5.82 Å². The van der Waals surface area contributed by atoms with Crippen molar-refractivity contribution in [2.45, 2.75) is 57.1 Å². The summed E-state index contributed by atoms with van der Waals surface area (Å²) in [5.41, 5.74) is 0.788. The summed E-state index contributed by atoms with van der Waals surface area (Å²) in [4.78, 5) is 0. The Hall–Kier alpha value is -0.930. The molecule has 0 radical (unpaired) electrons. The lowest BCUT2D eigenvalue weighted by molar-refractivity contribution is -0.0767. The fourth-order valence-electron chi connectivity index (χ4n) is 3.55. The first-order chi connectivity index (χ1) is 9.72. The smallest absolute Gasteiger partial charge is 0.123 e. The van der Waals surface area contributed by atoms with Crippen LogP contribution in [0, 0.1) is 5.82 Å². The molecule has 2 nitrogen and oxygen atoms in total. The van der Waals surface area contributed by atoms with Crippen LogP contribution in [0.25, 0.3) is 0 Å². The quantitative estimate of drug-likeness (QED) is 0.815. The Morgan fingerprint density at radius 3 is 2.50 bits per heavy atom. The van der Waals surface area contributed by atoms with Crippen molar-refractivity contribution in [2.75, 3.05) is 13.7 Å². The zero-order valence-electron chi connectivity index (χ0n) is 12.6. The number of ether oxygens (including phenoxy) is 1. The lowest BCUT2D eigenvalue weighted by Crippen LogP contribution is -2.45. The van der Waals surface area contributed by atoms with Crippen LogP contribution in [0.1, 0.15) is 57.1 Å². The summed E-state index contributed by atoms with van der Waals surface area (Å²) in [6.07, 6.45) is 7.01. The summed E-state index contributed by atoms with van der Waals surface area (Å²) >= 11 is 0. The zero-order chi connectivity index (χ0) is 14.4. The Labute approximate surface area is 121 Å². The Bertz CT molecular complexity index is 413. The van der Waals surface area contributed by atoms with Crippen LogP contribution in [0.4, 0.5) is 4.39 Å². The summed E-state index contributed by atoms with van der Waals surface area (Å²) in [6.45, 7) is 2.75. The Morgan fingerprint density at radius 1 is 1.25 bits per heavy atom. The molecule has 3 heteroatoms. The van der Waals surface area contributed by atoms with Gasteiger partial charge in [0.15, 0.2) is 0 Å². The van der Waals surface area contributed by atoms with E-state index in [1.165, 1.54) is 31.7 Å². The molecule has 0 spiro atoms. The topological polar surface area (TPSA) is 21.3 Å². The lowest BCUT2D eigenvalue weighted by Gasteiger charge is -2.40. The second-order valence-electron chi connectivity index (χ2n) is 5.69. The minimum atomic E-state index is -0.201. The van der Waals surface area contributed by atoms with Gasteiger partial charge in [0.2, 0.25) is 0 Å². The highest BCUT2D eigenvalue weighted by atomic mass is 19.1. The maximum absolute atomic E-state index is 13.6. The van der Waals surface area contributed by atoms with Crippen LogP contribution in [-0.4, -0.2) is 19.3 Å². The van der Waals surface area contributed by atoms with Crippen molar-refractivity contribution in [1.82, 2.24) is 5.32 Å². The Morgan fingerprint density at radius 2 is 1.95 bits per heavy atom. The molecule has 1 saturated carbocycles. The molecule has 1 aliphatic carbocycles. The van der Waals surface area contributed by atoms with E-state index >= 15 is 0 Å². The van der Waals surface area contributed by atoms with Gasteiger partial charge in [0.25, 0.3) is 0 Å². The molecule has 0 heterocycles. The van der Waals surface area contributed by atoms with E-state index in [-0.39, 0.29) is 17.5 Å². The molecule has 1 fully saturated rings. The van der Waals surface area contributed by atoms with Gasteiger partial charge in [-0.2, -0.15) is 0 Å². The Kier molecular flexibility index (Phi) is 5.55. The minimum Gasteiger partial charge on any atom is -0.373 e. The predicted molar refractivity (Wildman–Crippen MR) is 80.3 cm³/mol. The van der Waals surface area contributed by atoms with Crippen molar-refractivity contribution < 1.29 is 9.13 Å². The number of hydrogen-bond acceptors (Lipinski definition) is 2. The molecule has 1 aromatic carbocycles. The molecular formula is C17H26FNO. The van der Waals surface area contributed by atoms with Crippen molar-refractivity contribution in [2.24, 2.45) is 0 Å². The summed E-state index contributed by atoms with van der Waals surface area (Å²) in [5.74, 6) is -0.178. The van der Waals surface area contributed by atoms with Crippen molar-refractivity contribution in [1.29, 1.82) is 0 Å². The van der Waals surface area contributed by atoms with Gasteiger partial charge in [-0.1, -0.05) is 37.8 Å². The molecule has 1 unspecified atom stereocenters. The first-order valence-corrected chi connectivity index (χ1v) is 7.78. The molecule has 0 saturated heterocycles. The van der Waals surface area contributed by atoms with Crippen LogP contribution in [0.5, 0.6) is 0 Å². The second kappa shape index (κ2) is 7.19. The summed E-state index contributed by atoms with van der Waals surface area (Å²) in [5, 5.41) is 3.38. The molecule has 1 atom stereocenters. The second-order valence-corrected chi connectivity index (χ2v) is 5.69. The Balaban J connectivity index is 2.33. The van der Waals surface area contributed by atoms with Crippen LogP contribution in [-0.2, 0) is 4.74 Å². The SMILES string of the molecule is CCOC1(C(NC)c2cccc(F)c2)CCCCCC1. The fourth-order valence-corrected chi connectivity index (χ4v) is 3.55. The van der Waals surface area contributed by atoms with Crippen molar-refractivity contribution in [3.63, 3.8) is 0 Å². The highest BCUT2D eigenvalue weighted by Gasteiger charge is 2.40. The van der Waals surface area contributed by atoms with Crippen LogP contribution in [0.3, 0.4) is 0 Å². The minimum absolute atomic E-state index is 0.0521. The van der Waals surface area contributed by atoms with Crippen LogP contribution < -0.4 is 5.32 Å². The standard InChI is InChI=1S/C17H26FNO/c1-3-20-17(11-6-4-5-7-12-17)16(19-2)14-9-8-10-15(18)13-14/h8-10,13,16,19H,3-7,11-12H2,1-2H3. The fraction of sp³-hybridized carbons (Fsp3) is 0.647. The molecule has 20 heavy (non-hydrogen) atoms. The third-order valence-electron chi connectivity index (χ3n) is 4.38. The maximum atomic E-state index is 13.6. The third kappa shape index (κ3) is 3.39. The predicted octanol–water partition coefficient (Wildman–Crippen LogP) is 4.22. The first kappa shape index (κ1) is 15.5. The maximum Gasteiger partial charge on any atom is 0.123 e. The van der Waals surface area contributed by atoms with E-state index in [1.807, 2.05) is 20.0 Å². The first-order valence-electron chi connectivity index (χ1n) is 7.78. The zero-order valence-corrected chi connectivity index (χ0v) is 12.6. The normalized spacial score (nSPS) is 20.4. The number of likely N-dealkylation sites (N-methyl/N-ethyl adjacent to an activating group) is 1. The van der Waals surface area contributed by atoms with Crippen LogP contribution in [0.15, 0.2) is 24.3 Å². The van der Waals surface area contributed by atoms with E-state index in [0.717, 1.165) is 18.4 Å². The number of benzene rings is 1. The molecule has 0 amide bonds. The van der Waals surface area contributed by atoms with Gasteiger partial charge in [-0.15, -0.1) is 0 Å². The van der Waals surface area contributed by atoms with Crippen molar-refractivity contribution >= 4 is 0 Å². The highest BCUT2D eigenvalue weighted by molar-refractivity contribution is 5.23. The van der Waals surface area contributed by atoms with E-state index in [1.54, 1.807) is 12.1 Å². The summed E-state index contributed by atoms with van der Waals surface area (Å²) in [6, 6.07) is 6.96. The molecule has 112 valence electrons. The average Bonchev–Trinajstić information content (AvgIpc) is 2.66. The lowest BCUT2D eigenvalue weighted by atomic mass is 9.82. The van der Waals surface area contributed by atoms with E-state index in [0.29, 0.717) is 6.61 Å². The van der Waals surface area contributed by atoms with Gasteiger partial charge in [-0.3, -0.25) is 0 Å². The summed E-state index contributed by atoms with van der Waals surface area (Å²) in [7, 11) is 1.95. The molecule has 1 N–H and O–H groups in total. The molecule has 0 bridgehead atoms. The van der Waals surface area contributed by atoms with Crippen molar-refractivity contribution in [3.05, 3.63) is 35.6 Å². The van der Waals surface area contributed by atoms with Gasteiger partial charge < -0.3 is 10.1 Å². The van der Waals surface area contributed by atoms with Gasteiger partial charge in [-0.25, -0.2) is 4.39 Å². The van der Waals surface area contributed by atoms with E-state index in [9.17, 15) is 4.39 Å². The number of halogens is 1. The largest absolute Gasteiger partial charge is 0.373 e. The number of nitrogens with one attached hydrogen (secondary N) is 1. The van der Waals surface area contributed by atoms with E-state index in [4.69, 9.17) is 4.74 Å². The van der Waals surface area contributed by atoms with Gasteiger partial charge in [-0.05, 0) is 44.5 Å². The van der Waals surface area contributed by atoms with Gasteiger partial charge >= 0.3 is 0 Å². The van der Waals surface area contributed by atoms with Crippen molar-refractivity contribution in [3.8, 4) is 0 Å². The van der Waals surface area contributed by atoms with Crippen LogP contribution >= 0.6 is 0 Å². The van der Waals surface area contributed by atoms with Gasteiger partial charge in [0.05, 0.1) is 11.6 Å². The molecule has 1 aliphatic rings. The highest BCUT2D eigenvalue weighted by Crippen LogP contribution is 2.40. The number of rotatable bonds is 5. The average molecular weight is 279 g/mol. The monoisotopic (exact) mass is 279 g/mol. The molecular weight excluding hydrogens is 253 g/mol. The van der Waals surface area contributed by atoms with E-state index in [2.05, 4.69) is 5.32 Å². The molecule has 1 aromatic rings. The number of hydrogen-bond donors (Lipinski definition) is 1. The van der Waals surface area contributed by atoms with E-state index < -0.39 is 0 Å². The molecule has 2 rings (SSSR count). The third-order valence-corrected chi connectivity index (χ3v) is 4.38. The molecule has 0 aromatic heterocycles.